The maximum atomic E-state index is 15.3. The maximum absolute atomic E-state index is 15.3. The van der Waals surface area contributed by atoms with Crippen LogP contribution in [0.3, 0.4) is 0 Å². The van der Waals surface area contributed by atoms with Crippen LogP contribution in [0.15, 0.2) is 54.6 Å². The molecule has 0 heterocycles. The summed E-state index contributed by atoms with van der Waals surface area (Å²) in [6.07, 6.45) is 4.05. The van der Waals surface area contributed by atoms with Crippen molar-refractivity contribution in [1.82, 2.24) is 0 Å². The van der Waals surface area contributed by atoms with Gasteiger partial charge in [-0.2, -0.15) is 8.78 Å². The molecule has 1 nitrogen and oxygen atoms in total. The van der Waals surface area contributed by atoms with Crippen LogP contribution in [0.2, 0.25) is 0 Å². The minimum atomic E-state index is -3.49. The Morgan fingerprint density at radius 1 is 0.722 bits per heavy atom. The first kappa shape index (κ1) is 25.5. The summed E-state index contributed by atoms with van der Waals surface area (Å²) in [5, 5.41) is 0.940. The van der Waals surface area contributed by atoms with E-state index in [4.69, 9.17) is 0 Å². The molecule has 0 saturated heterocycles. The number of unbranched alkanes of at least 4 members (excludes halogenated alkanes) is 2. The number of halogens is 7. The van der Waals surface area contributed by atoms with Gasteiger partial charge in [0.2, 0.25) is 0 Å². The molecule has 4 aromatic rings. The molecule has 0 radical (unpaired) electrons. The number of alkyl halides is 2. The molecule has 0 spiro atoms. The van der Waals surface area contributed by atoms with Crippen LogP contribution in [-0.4, -0.2) is 6.61 Å². The molecule has 188 valence electrons. The Kier molecular flexibility index (Phi) is 7.52. The minimum absolute atomic E-state index is 0.0522. The molecule has 0 amide bonds. The van der Waals surface area contributed by atoms with Crippen molar-refractivity contribution in [1.29, 1.82) is 0 Å². The van der Waals surface area contributed by atoms with Gasteiger partial charge in [0.05, 0.1) is 5.56 Å². The molecule has 0 N–H and O–H groups in total. The van der Waals surface area contributed by atoms with Gasteiger partial charge >= 0.3 is 6.61 Å². The van der Waals surface area contributed by atoms with E-state index < -0.39 is 52.6 Å². The smallest absolute Gasteiger partial charge is 0.387 e. The zero-order valence-corrected chi connectivity index (χ0v) is 19.2. The number of aryl methyl sites for hydroxylation is 1. The normalized spacial score (nSPS) is 11.5. The topological polar surface area (TPSA) is 9.23 Å². The predicted octanol–water partition coefficient (Wildman–Crippen LogP) is 9.20. The monoisotopic (exact) mass is 506 g/mol. The summed E-state index contributed by atoms with van der Waals surface area (Å²) in [5.74, 6) is -7.55. The Bertz CT molecular complexity index is 1370. The van der Waals surface area contributed by atoms with E-state index in [9.17, 15) is 26.3 Å². The standard InChI is InChI=1S/C28H21F7O/c1-2-3-4-5-15-6-8-19-16(10-15)7-9-20(26(19)33)17-11-21(29)25(22(30)12-17)18-13-23(31)27(24(32)14-18)36-28(34)35/h6-14,28H,2-5H2,1H3. The number of rotatable bonds is 8. The van der Waals surface area contributed by atoms with Crippen LogP contribution in [0.1, 0.15) is 31.7 Å². The van der Waals surface area contributed by atoms with Gasteiger partial charge in [0.15, 0.2) is 17.4 Å². The lowest BCUT2D eigenvalue weighted by molar-refractivity contribution is -0.0546. The minimum Gasteiger partial charge on any atom is -0.429 e. The van der Waals surface area contributed by atoms with Gasteiger partial charge in [0.1, 0.15) is 17.5 Å². The largest absolute Gasteiger partial charge is 0.429 e. The van der Waals surface area contributed by atoms with Crippen LogP contribution < -0.4 is 4.74 Å². The summed E-state index contributed by atoms with van der Waals surface area (Å²) in [6.45, 7) is -1.38. The third-order valence-electron chi connectivity index (χ3n) is 5.93. The highest BCUT2D eigenvalue weighted by atomic mass is 19.3. The van der Waals surface area contributed by atoms with Crippen molar-refractivity contribution < 1.29 is 35.5 Å². The van der Waals surface area contributed by atoms with E-state index in [2.05, 4.69) is 11.7 Å². The predicted molar refractivity (Wildman–Crippen MR) is 124 cm³/mol. The molecule has 36 heavy (non-hydrogen) atoms. The van der Waals surface area contributed by atoms with E-state index in [0.717, 1.165) is 43.4 Å². The fourth-order valence-electron chi connectivity index (χ4n) is 4.21. The number of ether oxygens (including phenoxy) is 1. The van der Waals surface area contributed by atoms with E-state index in [0.29, 0.717) is 17.5 Å². The Morgan fingerprint density at radius 2 is 1.36 bits per heavy atom. The Balaban J connectivity index is 1.71. The second kappa shape index (κ2) is 10.6. The second-order valence-corrected chi connectivity index (χ2v) is 8.40. The van der Waals surface area contributed by atoms with Gasteiger partial charge in [-0.25, -0.2) is 22.0 Å². The van der Waals surface area contributed by atoms with Crippen LogP contribution in [0.5, 0.6) is 5.75 Å². The van der Waals surface area contributed by atoms with E-state index in [-0.39, 0.29) is 16.5 Å². The van der Waals surface area contributed by atoms with E-state index in [1.807, 2.05) is 12.1 Å². The van der Waals surface area contributed by atoms with Crippen LogP contribution >= 0.6 is 0 Å². The molecular formula is C28H21F7O. The highest BCUT2D eigenvalue weighted by Gasteiger charge is 2.22. The fourth-order valence-corrected chi connectivity index (χ4v) is 4.21. The highest BCUT2D eigenvalue weighted by molar-refractivity contribution is 5.89. The average Bonchev–Trinajstić information content (AvgIpc) is 2.81. The van der Waals surface area contributed by atoms with Crippen molar-refractivity contribution >= 4 is 10.8 Å². The van der Waals surface area contributed by atoms with Crippen molar-refractivity contribution in [3.8, 4) is 28.0 Å². The fraction of sp³-hybridized carbons (Fsp3) is 0.214. The summed E-state index contributed by atoms with van der Waals surface area (Å²) >= 11 is 0. The first-order valence-corrected chi connectivity index (χ1v) is 11.3. The molecule has 0 bridgehead atoms. The van der Waals surface area contributed by atoms with Crippen molar-refractivity contribution in [3.63, 3.8) is 0 Å². The summed E-state index contributed by atoms with van der Waals surface area (Å²) in [5.41, 5.74) is -0.461. The first-order chi connectivity index (χ1) is 17.2. The molecule has 0 aromatic heterocycles. The lowest BCUT2D eigenvalue weighted by Crippen LogP contribution is -2.06. The van der Waals surface area contributed by atoms with Crippen molar-refractivity contribution in [2.45, 2.75) is 39.2 Å². The first-order valence-electron chi connectivity index (χ1n) is 11.3. The van der Waals surface area contributed by atoms with Crippen LogP contribution in [-0.2, 0) is 6.42 Å². The van der Waals surface area contributed by atoms with Gasteiger partial charge in [-0.1, -0.05) is 50.1 Å². The summed E-state index contributed by atoms with van der Waals surface area (Å²) in [6, 6.07) is 11.1. The molecular weight excluding hydrogens is 485 g/mol. The highest BCUT2D eigenvalue weighted by Crippen LogP contribution is 2.36. The van der Waals surface area contributed by atoms with E-state index >= 15 is 4.39 Å². The lowest BCUT2D eigenvalue weighted by Gasteiger charge is -2.13. The summed E-state index contributed by atoms with van der Waals surface area (Å²) < 4.78 is 102. The molecule has 0 unspecified atom stereocenters. The molecule has 8 heteroatoms. The Hall–Kier alpha value is -3.55. The van der Waals surface area contributed by atoms with Gasteiger partial charge in [0, 0.05) is 10.9 Å². The molecule has 0 fully saturated rings. The average molecular weight is 506 g/mol. The molecule has 0 aliphatic rings. The summed E-state index contributed by atoms with van der Waals surface area (Å²) in [4.78, 5) is 0. The van der Waals surface area contributed by atoms with E-state index in [1.165, 1.54) is 6.07 Å². The molecule has 0 saturated carbocycles. The van der Waals surface area contributed by atoms with Gasteiger partial charge in [-0.05, 0) is 59.2 Å². The molecule has 0 aliphatic heterocycles. The van der Waals surface area contributed by atoms with Crippen LogP contribution in [0, 0.1) is 29.1 Å². The quantitative estimate of drug-likeness (QED) is 0.171. The third-order valence-corrected chi connectivity index (χ3v) is 5.93. The van der Waals surface area contributed by atoms with Crippen molar-refractivity contribution in [3.05, 3.63) is 89.2 Å². The Labute approximate surface area is 203 Å². The van der Waals surface area contributed by atoms with Crippen LogP contribution in [0.25, 0.3) is 33.0 Å². The maximum Gasteiger partial charge on any atom is 0.387 e. The van der Waals surface area contributed by atoms with Crippen molar-refractivity contribution in [2.75, 3.05) is 0 Å². The van der Waals surface area contributed by atoms with Gasteiger partial charge in [0.25, 0.3) is 0 Å². The third kappa shape index (κ3) is 5.17. The number of fused-ring (bicyclic) bond motifs is 1. The van der Waals surface area contributed by atoms with Gasteiger partial charge in [-0.15, -0.1) is 0 Å². The van der Waals surface area contributed by atoms with Crippen molar-refractivity contribution in [2.24, 2.45) is 0 Å². The summed E-state index contributed by atoms with van der Waals surface area (Å²) in [7, 11) is 0. The van der Waals surface area contributed by atoms with E-state index in [1.54, 1.807) is 12.1 Å². The molecule has 0 aliphatic carbocycles. The SMILES string of the molecule is CCCCCc1ccc2c(F)c(-c3cc(F)c(-c4cc(F)c(OC(F)F)c(F)c4)c(F)c3)ccc2c1. The zero-order chi connectivity index (χ0) is 26.0. The molecule has 0 atom stereocenters. The van der Waals surface area contributed by atoms with Gasteiger partial charge in [-0.3, -0.25) is 0 Å². The second-order valence-electron chi connectivity index (χ2n) is 8.40. The number of hydrogen-bond donors (Lipinski definition) is 0. The number of benzene rings is 4. The molecule has 4 aromatic carbocycles. The van der Waals surface area contributed by atoms with Gasteiger partial charge < -0.3 is 4.74 Å². The molecule has 4 rings (SSSR count). The van der Waals surface area contributed by atoms with Crippen LogP contribution in [0.4, 0.5) is 30.7 Å². The lowest BCUT2D eigenvalue weighted by atomic mass is 9.95. The zero-order valence-electron chi connectivity index (χ0n) is 19.2. The Morgan fingerprint density at radius 3 is 1.97 bits per heavy atom. The number of hydrogen-bond acceptors (Lipinski definition) is 1.